The van der Waals surface area contributed by atoms with Gasteiger partial charge in [0.2, 0.25) is 0 Å². The Morgan fingerprint density at radius 3 is 2.66 bits per heavy atom. The summed E-state index contributed by atoms with van der Waals surface area (Å²) in [4.78, 5) is 5.17. The number of halogens is 1. The maximum Gasteiger partial charge on any atom is 0.164 e. The number of fused-ring (bicyclic) bond motifs is 3. The fraction of sp³-hybridized carbons (Fsp3) is 0.458. The van der Waals surface area contributed by atoms with Crippen molar-refractivity contribution in [1.82, 2.24) is 4.48 Å². The second-order valence-electron chi connectivity index (χ2n) is 8.54. The molecule has 0 radical (unpaired) electrons. The number of benzene rings is 2. The molecule has 2 fully saturated rings. The topological polar surface area (TPSA) is 33.6 Å². The van der Waals surface area contributed by atoms with Gasteiger partial charge in [-0.25, -0.2) is 0 Å². The molecule has 2 heterocycles. The van der Waals surface area contributed by atoms with E-state index in [9.17, 15) is 0 Å². The lowest BCUT2D eigenvalue weighted by Crippen LogP contribution is -2.64. The van der Waals surface area contributed by atoms with Crippen molar-refractivity contribution in [3.05, 3.63) is 59.1 Å². The third-order valence-corrected chi connectivity index (χ3v) is 7.26. The van der Waals surface area contributed by atoms with Gasteiger partial charge >= 0.3 is 0 Å². The highest BCUT2D eigenvalue weighted by Crippen LogP contribution is 2.54. The van der Waals surface area contributed by atoms with E-state index in [-0.39, 0.29) is 5.54 Å². The van der Waals surface area contributed by atoms with Gasteiger partial charge in [-0.1, -0.05) is 35.9 Å². The van der Waals surface area contributed by atoms with Crippen LogP contribution in [0.15, 0.2) is 53.5 Å². The highest BCUT2D eigenvalue weighted by Gasteiger charge is 2.67. The average molecular weight is 411 g/mol. The van der Waals surface area contributed by atoms with E-state index in [0.717, 1.165) is 53.2 Å². The predicted octanol–water partition coefficient (Wildman–Crippen LogP) is 5.40. The zero-order chi connectivity index (χ0) is 19.9. The Labute approximate surface area is 178 Å². The lowest BCUT2D eigenvalue weighted by Gasteiger charge is -2.49. The summed E-state index contributed by atoms with van der Waals surface area (Å²) in [5.41, 5.74) is 3.85. The Morgan fingerprint density at radius 1 is 1.14 bits per heavy atom. The molecule has 0 aromatic heterocycles. The Morgan fingerprint density at radius 2 is 1.93 bits per heavy atom. The molecule has 5 rings (SSSR count). The molecule has 2 spiro atoms. The molecule has 1 aliphatic carbocycles. The van der Waals surface area contributed by atoms with Crippen molar-refractivity contribution in [2.24, 2.45) is 4.99 Å². The summed E-state index contributed by atoms with van der Waals surface area (Å²) in [6, 6.07) is 16.8. The number of hydrogen-bond acceptors (Lipinski definition) is 2. The van der Waals surface area contributed by atoms with E-state index in [1.54, 1.807) is 0 Å². The number of quaternary nitrogens is 1. The highest BCUT2D eigenvalue weighted by atomic mass is 35.5. The number of aliphatic imine (C=N–C) groups is 1. The van der Waals surface area contributed by atoms with Gasteiger partial charge in [-0.05, 0) is 43.5 Å². The maximum atomic E-state index is 6.20. The molecule has 4 nitrogen and oxygen atoms in total. The molecular formula is C24H29ClN3O+. The molecule has 29 heavy (non-hydrogen) atoms. The normalized spacial score (nSPS) is 28.3. The first-order valence-corrected chi connectivity index (χ1v) is 11.2. The first-order valence-electron chi connectivity index (χ1n) is 10.8. The summed E-state index contributed by atoms with van der Waals surface area (Å²) >= 11 is 6.20. The van der Waals surface area contributed by atoms with Crippen LogP contribution in [0.3, 0.4) is 0 Å². The number of hydrogen-bond donors (Lipinski definition) is 1. The molecule has 0 atom stereocenters. The second kappa shape index (κ2) is 7.42. The molecule has 5 heteroatoms. The number of anilines is 1. The van der Waals surface area contributed by atoms with Crippen molar-refractivity contribution < 1.29 is 4.74 Å². The predicted molar refractivity (Wildman–Crippen MR) is 121 cm³/mol. The minimum Gasteiger partial charge on any atom is -0.379 e. The van der Waals surface area contributed by atoms with E-state index in [1.807, 2.05) is 18.2 Å². The van der Waals surface area contributed by atoms with Crippen LogP contribution in [0.25, 0.3) is 0 Å². The van der Waals surface area contributed by atoms with E-state index in [1.165, 1.54) is 24.5 Å². The number of nitrogens with zero attached hydrogens (tertiary/aromatic N) is 2. The zero-order valence-corrected chi connectivity index (χ0v) is 17.8. The molecule has 2 aliphatic heterocycles. The van der Waals surface area contributed by atoms with Crippen LogP contribution in [-0.4, -0.2) is 37.2 Å². The number of para-hydroxylation sites is 2. The van der Waals surface area contributed by atoms with Gasteiger partial charge in [0.25, 0.3) is 0 Å². The summed E-state index contributed by atoms with van der Waals surface area (Å²) in [5.74, 6) is 1.16. The fourth-order valence-electron chi connectivity index (χ4n) is 5.53. The zero-order valence-electron chi connectivity index (χ0n) is 17.0. The van der Waals surface area contributed by atoms with Crippen LogP contribution in [0.2, 0.25) is 5.02 Å². The minimum atomic E-state index is 0.0422. The fourth-order valence-corrected chi connectivity index (χ4v) is 5.74. The van der Waals surface area contributed by atoms with Crippen molar-refractivity contribution in [3.63, 3.8) is 0 Å². The van der Waals surface area contributed by atoms with E-state index in [0.29, 0.717) is 12.6 Å². The summed E-state index contributed by atoms with van der Waals surface area (Å²) in [7, 11) is 0. The van der Waals surface area contributed by atoms with E-state index >= 15 is 0 Å². The van der Waals surface area contributed by atoms with Crippen molar-refractivity contribution in [2.45, 2.75) is 50.8 Å². The molecule has 152 valence electrons. The highest BCUT2D eigenvalue weighted by molar-refractivity contribution is 6.30. The number of rotatable bonds is 4. The van der Waals surface area contributed by atoms with Gasteiger partial charge in [-0.2, -0.15) is 0 Å². The quantitative estimate of drug-likeness (QED) is 0.540. The molecule has 1 saturated heterocycles. The Hall–Kier alpha value is -1.88. The number of amidine groups is 1. The Kier molecular flexibility index (Phi) is 4.89. The summed E-state index contributed by atoms with van der Waals surface area (Å²) in [6.07, 6.45) is 4.83. The summed E-state index contributed by atoms with van der Waals surface area (Å²) in [6.45, 7) is 5.96. The first kappa shape index (κ1) is 19.1. The van der Waals surface area contributed by atoms with Gasteiger partial charge in [-0.15, -0.1) is 0 Å². The van der Waals surface area contributed by atoms with Crippen LogP contribution in [0.5, 0.6) is 0 Å². The largest absolute Gasteiger partial charge is 0.379 e. The Balaban J connectivity index is 1.52. The average Bonchev–Trinajstić information content (AvgIpc) is 3.54. The first-order chi connectivity index (χ1) is 14.2. The van der Waals surface area contributed by atoms with Gasteiger partial charge in [-0.3, -0.25) is 9.48 Å². The molecule has 3 aliphatic rings. The molecule has 2 aromatic carbocycles. The standard InChI is InChI=1S/C24H29ClN3O/c1-2-29-20-10-12-24(13-11-20)23(26-17-18-6-5-7-19(25)16-18)27-21-8-3-4-9-22(21)28(24)14-15-28/h3-9,16,20H,2,10-15,17H2,1H3,(H,26,27)/q+1. The maximum absolute atomic E-state index is 6.20. The molecule has 1 N–H and O–H groups in total. The van der Waals surface area contributed by atoms with Crippen molar-refractivity contribution in [2.75, 3.05) is 25.0 Å². The third kappa shape index (κ3) is 3.18. The number of ether oxygens (including phenoxy) is 1. The lowest BCUT2D eigenvalue weighted by molar-refractivity contribution is 0.0167. The van der Waals surface area contributed by atoms with E-state index < -0.39 is 0 Å². The molecule has 0 unspecified atom stereocenters. The van der Waals surface area contributed by atoms with Crippen molar-refractivity contribution in [1.29, 1.82) is 0 Å². The minimum absolute atomic E-state index is 0.0422. The van der Waals surface area contributed by atoms with Crippen LogP contribution in [0, 0.1) is 0 Å². The third-order valence-electron chi connectivity index (χ3n) is 7.02. The van der Waals surface area contributed by atoms with Crippen molar-refractivity contribution in [3.8, 4) is 0 Å². The lowest BCUT2D eigenvalue weighted by atomic mass is 9.76. The van der Waals surface area contributed by atoms with E-state index in [4.69, 9.17) is 21.3 Å². The second-order valence-corrected chi connectivity index (χ2v) is 8.97. The molecular weight excluding hydrogens is 382 g/mol. The van der Waals surface area contributed by atoms with Crippen LogP contribution in [0.4, 0.5) is 11.4 Å². The smallest absolute Gasteiger partial charge is 0.164 e. The monoisotopic (exact) mass is 410 g/mol. The van der Waals surface area contributed by atoms with Crippen molar-refractivity contribution >= 4 is 28.8 Å². The van der Waals surface area contributed by atoms with Crippen LogP contribution < -0.4 is 9.80 Å². The van der Waals surface area contributed by atoms with E-state index in [2.05, 4.69) is 42.6 Å². The van der Waals surface area contributed by atoms with Crippen LogP contribution in [-0.2, 0) is 11.3 Å². The summed E-state index contributed by atoms with van der Waals surface area (Å²) < 4.78 is 7.03. The summed E-state index contributed by atoms with van der Waals surface area (Å²) in [5, 5.41) is 4.51. The molecule has 0 amide bonds. The van der Waals surface area contributed by atoms with Gasteiger partial charge in [0.1, 0.15) is 18.8 Å². The molecule has 0 bridgehead atoms. The van der Waals surface area contributed by atoms with Crippen LogP contribution in [0.1, 0.15) is 38.2 Å². The van der Waals surface area contributed by atoms with Gasteiger partial charge < -0.3 is 10.1 Å². The molecule has 2 aromatic rings. The SMILES string of the molecule is CCOC1CCC2(CC1)C(=NCc1cccc(Cl)c1)Nc1ccccc1[N+]21CC1. The number of nitrogens with one attached hydrogen (secondary N) is 1. The van der Waals surface area contributed by atoms with Gasteiger partial charge in [0, 0.05) is 30.5 Å². The van der Waals surface area contributed by atoms with Crippen LogP contribution >= 0.6 is 11.6 Å². The Bertz CT molecular complexity index is 929. The molecule has 1 saturated carbocycles. The van der Waals surface area contributed by atoms with Gasteiger partial charge in [0.15, 0.2) is 17.1 Å². The van der Waals surface area contributed by atoms with Gasteiger partial charge in [0.05, 0.1) is 12.6 Å².